The van der Waals surface area contributed by atoms with E-state index in [-0.39, 0.29) is 12.3 Å². The van der Waals surface area contributed by atoms with Crippen LogP contribution in [-0.2, 0) is 16.0 Å². The summed E-state index contributed by atoms with van der Waals surface area (Å²) in [5, 5.41) is 7.82. The maximum absolute atomic E-state index is 11.6. The minimum absolute atomic E-state index is 0.0574. The molecule has 2 rings (SSSR count). The number of rotatable bonds is 5. The fourth-order valence-electron chi connectivity index (χ4n) is 1.86. The predicted molar refractivity (Wildman–Crippen MR) is 73.2 cm³/mol. The molecule has 1 aromatic carbocycles. The van der Waals surface area contributed by atoms with Crippen molar-refractivity contribution in [3.05, 3.63) is 34.9 Å². The molecule has 1 fully saturated rings. The number of carbonyl (C=O) groups is 3. The SMILES string of the molecule is O=C(CC1NC(=O)NC1=O)NCCc1ccc(Cl)cc1. The molecule has 7 heteroatoms. The number of urea groups is 1. The van der Waals surface area contributed by atoms with E-state index in [4.69, 9.17) is 11.6 Å². The molecule has 1 unspecified atom stereocenters. The van der Waals surface area contributed by atoms with Crippen LogP contribution < -0.4 is 16.0 Å². The van der Waals surface area contributed by atoms with Gasteiger partial charge in [-0.15, -0.1) is 0 Å². The lowest BCUT2D eigenvalue weighted by atomic mass is 10.1. The van der Waals surface area contributed by atoms with E-state index in [2.05, 4.69) is 16.0 Å². The molecule has 1 saturated heterocycles. The average molecular weight is 296 g/mol. The van der Waals surface area contributed by atoms with E-state index >= 15 is 0 Å². The fourth-order valence-corrected chi connectivity index (χ4v) is 1.98. The summed E-state index contributed by atoms with van der Waals surface area (Å²) in [5.41, 5.74) is 1.06. The molecule has 0 bridgehead atoms. The van der Waals surface area contributed by atoms with Crippen molar-refractivity contribution in [3.8, 4) is 0 Å². The zero-order valence-corrected chi connectivity index (χ0v) is 11.4. The second kappa shape index (κ2) is 6.38. The van der Waals surface area contributed by atoms with Crippen molar-refractivity contribution in [2.24, 2.45) is 0 Å². The Balaban J connectivity index is 1.71. The molecule has 0 aliphatic carbocycles. The number of imide groups is 1. The van der Waals surface area contributed by atoms with Crippen LogP contribution in [0.5, 0.6) is 0 Å². The van der Waals surface area contributed by atoms with E-state index in [0.717, 1.165) is 5.56 Å². The third-order valence-corrected chi connectivity index (χ3v) is 3.15. The van der Waals surface area contributed by atoms with E-state index in [1.54, 1.807) is 12.1 Å². The predicted octanol–water partition coefficient (Wildman–Crippen LogP) is 0.597. The largest absolute Gasteiger partial charge is 0.356 e. The lowest BCUT2D eigenvalue weighted by Gasteiger charge is -2.08. The van der Waals surface area contributed by atoms with Gasteiger partial charge in [-0.1, -0.05) is 23.7 Å². The number of halogens is 1. The molecular formula is C13H14ClN3O3. The van der Waals surface area contributed by atoms with Gasteiger partial charge in [0.1, 0.15) is 6.04 Å². The molecule has 3 N–H and O–H groups in total. The van der Waals surface area contributed by atoms with Crippen molar-refractivity contribution in [1.29, 1.82) is 0 Å². The molecule has 0 radical (unpaired) electrons. The molecule has 1 aliphatic rings. The number of carbonyl (C=O) groups excluding carboxylic acids is 3. The summed E-state index contributed by atoms with van der Waals surface area (Å²) in [6.45, 7) is 0.461. The first-order valence-electron chi connectivity index (χ1n) is 6.17. The molecule has 1 heterocycles. The van der Waals surface area contributed by atoms with E-state index < -0.39 is 18.0 Å². The Labute approximate surface area is 120 Å². The maximum atomic E-state index is 11.6. The monoisotopic (exact) mass is 295 g/mol. The van der Waals surface area contributed by atoms with Crippen molar-refractivity contribution in [2.45, 2.75) is 18.9 Å². The smallest absolute Gasteiger partial charge is 0.322 e. The summed E-state index contributed by atoms with van der Waals surface area (Å²) in [6.07, 6.45) is 0.615. The van der Waals surface area contributed by atoms with Crippen LogP contribution in [0, 0.1) is 0 Å². The second-order valence-corrected chi connectivity index (χ2v) is 4.88. The number of nitrogens with one attached hydrogen (secondary N) is 3. The number of hydrogen-bond donors (Lipinski definition) is 3. The van der Waals surface area contributed by atoms with Crippen LogP contribution in [0.3, 0.4) is 0 Å². The van der Waals surface area contributed by atoms with Crippen molar-refractivity contribution < 1.29 is 14.4 Å². The van der Waals surface area contributed by atoms with Crippen molar-refractivity contribution in [1.82, 2.24) is 16.0 Å². The van der Waals surface area contributed by atoms with Crippen molar-refractivity contribution in [2.75, 3.05) is 6.54 Å². The van der Waals surface area contributed by atoms with Crippen LogP contribution in [0.15, 0.2) is 24.3 Å². The van der Waals surface area contributed by atoms with Crippen LogP contribution in [0.2, 0.25) is 5.02 Å². The Bertz CT molecular complexity index is 530. The third-order valence-electron chi connectivity index (χ3n) is 2.90. The van der Waals surface area contributed by atoms with Gasteiger partial charge in [0.15, 0.2) is 0 Å². The highest BCUT2D eigenvalue weighted by molar-refractivity contribution is 6.30. The van der Waals surface area contributed by atoms with Crippen LogP contribution in [-0.4, -0.2) is 30.4 Å². The minimum atomic E-state index is -0.780. The Morgan fingerprint density at radius 3 is 2.55 bits per heavy atom. The van der Waals surface area contributed by atoms with Gasteiger partial charge in [0.25, 0.3) is 5.91 Å². The van der Waals surface area contributed by atoms with E-state index in [0.29, 0.717) is 18.0 Å². The van der Waals surface area contributed by atoms with Crippen LogP contribution in [0.4, 0.5) is 4.79 Å². The first-order valence-corrected chi connectivity index (χ1v) is 6.55. The van der Waals surface area contributed by atoms with E-state index in [1.807, 2.05) is 12.1 Å². The Kier molecular flexibility index (Phi) is 4.57. The molecule has 0 spiro atoms. The summed E-state index contributed by atoms with van der Waals surface area (Å²) in [6, 6.07) is 6.01. The minimum Gasteiger partial charge on any atom is -0.356 e. The molecule has 1 aliphatic heterocycles. The first kappa shape index (κ1) is 14.3. The summed E-state index contributed by atoms with van der Waals surface area (Å²) in [5.74, 6) is -0.746. The van der Waals surface area contributed by atoms with Gasteiger partial charge in [0.2, 0.25) is 5.91 Å². The van der Waals surface area contributed by atoms with E-state index in [9.17, 15) is 14.4 Å². The van der Waals surface area contributed by atoms with Gasteiger partial charge >= 0.3 is 6.03 Å². The van der Waals surface area contributed by atoms with Crippen molar-refractivity contribution in [3.63, 3.8) is 0 Å². The number of hydrogen-bond acceptors (Lipinski definition) is 3. The van der Waals surface area contributed by atoms with Crippen LogP contribution >= 0.6 is 11.6 Å². The molecular weight excluding hydrogens is 282 g/mol. The van der Waals surface area contributed by atoms with Gasteiger partial charge in [0.05, 0.1) is 6.42 Å². The topological polar surface area (TPSA) is 87.3 Å². The Morgan fingerprint density at radius 2 is 1.95 bits per heavy atom. The quantitative estimate of drug-likeness (QED) is 0.695. The van der Waals surface area contributed by atoms with Gasteiger partial charge < -0.3 is 10.6 Å². The fraction of sp³-hybridized carbons (Fsp3) is 0.308. The molecule has 6 nitrogen and oxygen atoms in total. The van der Waals surface area contributed by atoms with Gasteiger partial charge in [0, 0.05) is 11.6 Å². The maximum Gasteiger partial charge on any atom is 0.322 e. The van der Waals surface area contributed by atoms with Gasteiger partial charge in [-0.05, 0) is 24.1 Å². The average Bonchev–Trinajstić information content (AvgIpc) is 2.70. The zero-order chi connectivity index (χ0) is 14.5. The lowest BCUT2D eigenvalue weighted by molar-refractivity contribution is -0.126. The molecule has 0 saturated carbocycles. The first-order chi connectivity index (χ1) is 9.54. The van der Waals surface area contributed by atoms with E-state index in [1.165, 1.54) is 0 Å². The molecule has 4 amide bonds. The summed E-state index contributed by atoms with van der Waals surface area (Å²) in [4.78, 5) is 33.8. The highest BCUT2D eigenvalue weighted by atomic mass is 35.5. The lowest BCUT2D eigenvalue weighted by Crippen LogP contribution is -2.36. The van der Waals surface area contributed by atoms with Crippen molar-refractivity contribution >= 4 is 29.4 Å². The highest BCUT2D eigenvalue weighted by Gasteiger charge is 2.30. The Hall–Kier alpha value is -2.08. The normalized spacial score (nSPS) is 17.6. The van der Waals surface area contributed by atoms with Gasteiger partial charge in [-0.25, -0.2) is 4.79 Å². The van der Waals surface area contributed by atoms with Gasteiger partial charge in [-0.2, -0.15) is 0 Å². The Morgan fingerprint density at radius 1 is 1.25 bits per heavy atom. The highest BCUT2D eigenvalue weighted by Crippen LogP contribution is 2.09. The standard InChI is InChI=1S/C13H14ClN3O3/c14-9-3-1-8(2-4-9)5-6-15-11(18)7-10-12(19)17-13(20)16-10/h1-4,10H,5-7H2,(H,15,18)(H2,16,17,19,20). The zero-order valence-electron chi connectivity index (χ0n) is 10.6. The van der Waals surface area contributed by atoms with Crippen LogP contribution in [0.25, 0.3) is 0 Å². The molecule has 0 aromatic heterocycles. The van der Waals surface area contributed by atoms with Crippen LogP contribution in [0.1, 0.15) is 12.0 Å². The van der Waals surface area contributed by atoms with Gasteiger partial charge in [-0.3, -0.25) is 14.9 Å². The summed E-state index contributed by atoms with van der Waals surface area (Å²) >= 11 is 5.77. The molecule has 106 valence electrons. The third kappa shape index (κ3) is 3.96. The molecule has 20 heavy (non-hydrogen) atoms. The number of amides is 4. The second-order valence-electron chi connectivity index (χ2n) is 4.45. The number of benzene rings is 1. The summed E-state index contributed by atoms with van der Waals surface area (Å²) < 4.78 is 0. The summed E-state index contributed by atoms with van der Waals surface area (Å²) in [7, 11) is 0. The molecule has 1 aromatic rings. The molecule has 1 atom stereocenters.